The van der Waals surface area contributed by atoms with Crippen LogP contribution >= 0.6 is 0 Å². The zero-order chi connectivity index (χ0) is 22.3. The first kappa shape index (κ1) is 22.3. The minimum atomic E-state index is -4.04. The minimum Gasteiger partial charge on any atom is -0.272 e. The van der Waals surface area contributed by atoms with Crippen LogP contribution in [0, 0.1) is 12.7 Å². The summed E-state index contributed by atoms with van der Waals surface area (Å²) in [6.45, 7) is 1.48. The molecule has 1 N–H and O–H groups in total. The van der Waals surface area contributed by atoms with Gasteiger partial charge in [-0.15, -0.1) is 0 Å². The summed E-state index contributed by atoms with van der Waals surface area (Å²) in [6, 6.07) is 20.9. The second-order valence-corrected chi connectivity index (χ2v) is 8.86. The Kier molecular flexibility index (Phi) is 7.28. The molecule has 0 radical (unpaired) electrons. The molecule has 0 saturated carbocycles. The highest BCUT2D eigenvalue weighted by Gasteiger charge is 2.27. The number of rotatable bonds is 8. The number of sulfonamides is 1. The second kappa shape index (κ2) is 10.1. The average molecular weight is 440 g/mol. The molecule has 1 amide bonds. The fraction of sp³-hybridized carbons (Fsp3) is 0.130. The third-order valence-electron chi connectivity index (χ3n) is 4.42. The maximum absolute atomic E-state index is 13.2. The Morgan fingerprint density at radius 3 is 2.42 bits per heavy atom. The number of carbonyl (C=O) groups is 1. The lowest BCUT2D eigenvalue weighted by Gasteiger charge is -2.21. The van der Waals surface area contributed by atoms with Gasteiger partial charge in [0.2, 0.25) is 10.0 Å². The van der Waals surface area contributed by atoms with Gasteiger partial charge in [-0.25, -0.2) is 18.2 Å². The molecular weight excluding hydrogens is 417 g/mol. The largest absolute Gasteiger partial charge is 0.272 e. The van der Waals surface area contributed by atoms with Gasteiger partial charge in [-0.3, -0.25) is 4.79 Å². The normalized spacial score (nSPS) is 11.7. The smallest absolute Gasteiger partial charge is 0.255 e. The standard InChI is InChI=1S/C23H22FN3O3S/c1-18-6-5-9-20(14-18)15-25-26-23(28)17-27(16-19-7-3-2-4-8-19)31(29,30)22-12-10-21(24)11-13-22/h2-15H,16-17H2,1H3,(H,26,28)/b25-15-. The van der Waals surface area contributed by atoms with Crippen LogP contribution in [-0.2, 0) is 21.4 Å². The molecule has 3 aromatic rings. The van der Waals surface area contributed by atoms with E-state index in [0.717, 1.165) is 27.6 Å². The number of hydrogen-bond donors (Lipinski definition) is 1. The van der Waals surface area contributed by atoms with Gasteiger partial charge in [0.25, 0.3) is 5.91 Å². The number of nitrogens with one attached hydrogen (secondary N) is 1. The van der Waals surface area contributed by atoms with Crippen LogP contribution in [0.15, 0.2) is 88.9 Å². The van der Waals surface area contributed by atoms with Crippen LogP contribution in [0.5, 0.6) is 0 Å². The number of hydrazone groups is 1. The van der Waals surface area contributed by atoms with Gasteiger partial charge in [0.05, 0.1) is 17.7 Å². The number of nitrogens with zero attached hydrogens (tertiary/aromatic N) is 2. The van der Waals surface area contributed by atoms with E-state index in [1.165, 1.54) is 18.3 Å². The Labute approximate surface area is 181 Å². The molecule has 0 spiro atoms. The first-order valence-electron chi connectivity index (χ1n) is 9.53. The number of benzene rings is 3. The Balaban J connectivity index is 1.77. The molecule has 0 aliphatic carbocycles. The summed E-state index contributed by atoms with van der Waals surface area (Å²) >= 11 is 0. The first-order valence-corrected chi connectivity index (χ1v) is 11.0. The van der Waals surface area contributed by atoms with Crippen LogP contribution in [-0.4, -0.2) is 31.4 Å². The molecule has 3 rings (SSSR count). The van der Waals surface area contributed by atoms with Crippen molar-refractivity contribution in [1.29, 1.82) is 0 Å². The molecule has 160 valence electrons. The van der Waals surface area contributed by atoms with Crippen LogP contribution in [0.3, 0.4) is 0 Å². The zero-order valence-electron chi connectivity index (χ0n) is 16.9. The van der Waals surface area contributed by atoms with E-state index in [9.17, 15) is 17.6 Å². The average Bonchev–Trinajstić information content (AvgIpc) is 2.74. The summed E-state index contributed by atoms with van der Waals surface area (Å²) in [7, 11) is -4.04. The van der Waals surface area contributed by atoms with Crippen LogP contribution in [0.4, 0.5) is 4.39 Å². The summed E-state index contributed by atoms with van der Waals surface area (Å²) < 4.78 is 40.5. The molecule has 0 saturated heterocycles. The van der Waals surface area contributed by atoms with E-state index in [1.807, 2.05) is 37.3 Å². The van der Waals surface area contributed by atoms with Crippen LogP contribution in [0.25, 0.3) is 0 Å². The summed E-state index contributed by atoms with van der Waals surface area (Å²) in [5.41, 5.74) is 4.93. The predicted octanol–water partition coefficient (Wildman–Crippen LogP) is 3.48. The SMILES string of the molecule is Cc1cccc(/C=N\NC(=O)CN(Cc2ccccc2)S(=O)(=O)c2ccc(F)cc2)c1. The summed E-state index contributed by atoms with van der Waals surface area (Å²) in [6.07, 6.45) is 1.49. The maximum atomic E-state index is 13.2. The molecule has 0 aromatic heterocycles. The monoisotopic (exact) mass is 439 g/mol. The molecule has 0 bridgehead atoms. The van der Waals surface area contributed by atoms with Gasteiger partial charge in [0.1, 0.15) is 5.82 Å². The fourth-order valence-electron chi connectivity index (χ4n) is 2.89. The molecule has 0 heterocycles. The molecule has 0 atom stereocenters. The van der Waals surface area contributed by atoms with Gasteiger partial charge in [0.15, 0.2) is 0 Å². The van der Waals surface area contributed by atoms with Crippen LogP contribution < -0.4 is 5.43 Å². The highest BCUT2D eigenvalue weighted by Crippen LogP contribution is 2.18. The summed E-state index contributed by atoms with van der Waals surface area (Å²) in [5.74, 6) is -1.14. The van der Waals surface area contributed by atoms with Gasteiger partial charge in [0, 0.05) is 6.54 Å². The predicted molar refractivity (Wildman–Crippen MR) is 117 cm³/mol. The van der Waals surface area contributed by atoms with Gasteiger partial charge in [-0.2, -0.15) is 9.41 Å². The zero-order valence-corrected chi connectivity index (χ0v) is 17.7. The minimum absolute atomic E-state index is 0.0183. The molecule has 6 nitrogen and oxygen atoms in total. The van der Waals surface area contributed by atoms with Crippen molar-refractivity contribution >= 4 is 22.1 Å². The molecule has 31 heavy (non-hydrogen) atoms. The Bertz CT molecular complexity index is 1160. The third-order valence-corrected chi connectivity index (χ3v) is 6.22. The maximum Gasteiger partial charge on any atom is 0.255 e. The van der Waals surface area contributed by atoms with Crippen molar-refractivity contribution < 1.29 is 17.6 Å². The van der Waals surface area contributed by atoms with Crippen molar-refractivity contribution in [2.75, 3.05) is 6.54 Å². The van der Waals surface area contributed by atoms with Crippen molar-refractivity contribution in [3.05, 3.63) is 101 Å². The number of carbonyl (C=O) groups excluding carboxylic acids is 1. The van der Waals surface area contributed by atoms with E-state index in [2.05, 4.69) is 10.5 Å². The number of halogens is 1. The molecular formula is C23H22FN3O3S. The molecule has 0 fully saturated rings. The van der Waals surface area contributed by atoms with Crippen molar-refractivity contribution in [3.8, 4) is 0 Å². The van der Waals surface area contributed by atoms with Crippen molar-refractivity contribution in [2.45, 2.75) is 18.4 Å². The van der Waals surface area contributed by atoms with Gasteiger partial charge in [-0.05, 0) is 42.3 Å². The van der Waals surface area contributed by atoms with Crippen molar-refractivity contribution in [3.63, 3.8) is 0 Å². The number of aryl methyl sites for hydroxylation is 1. The van der Waals surface area contributed by atoms with E-state index in [1.54, 1.807) is 24.3 Å². The van der Waals surface area contributed by atoms with Gasteiger partial charge in [-0.1, -0.05) is 60.2 Å². The molecule has 0 unspecified atom stereocenters. The van der Waals surface area contributed by atoms with Crippen molar-refractivity contribution in [1.82, 2.24) is 9.73 Å². The lowest BCUT2D eigenvalue weighted by atomic mass is 10.2. The fourth-order valence-corrected chi connectivity index (χ4v) is 4.28. The van der Waals surface area contributed by atoms with E-state index in [-0.39, 0.29) is 11.4 Å². The lowest BCUT2D eigenvalue weighted by Crippen LogP contribution is -2.39. The van der Waals surface area contributed by atoms with E-state index >= 15 is 0 Å². The van der Waals surface area contributed by atoms with Gasteiger partial charge >= 0.3 is 0 Å². The molecule has 0 aliphatic rings. The molecule has 3 aromatic carbocycles. The van der Waals surface area contributed by atoms with Crippen LogP contribution in [0.1, 0.15) is 16.7 Å². The first-order chi connectivity index (χ1) is 14.8. The lowest BCUT2D eigenvalue weighted by molar-refractivity contribution is -0.121. The van der Waals surface area contributed by atoms with Crippen LogP contribution in [0.2, 0.25) is 0 Å². The Hall–Kier alpha value is -3.36. The quantitative estimate of drug-likeness (QED) is 0.431. The van der Waals surface area contributed by atoms with E-state index in [0.29, 0.717) is 5.56 Å². The highest BCUT2D eigenvalue weighted by molar-refractivity contribution is 7.89. The van der Waals surface area contributed by atoms with Crippen molar-refractivity contribution in [2.24, 2.45) is 5.10 Å². The number of amides is 1. The topological polar surface area (TPSA) is 78.8 Å². The molecule has 8 heteroatoms. The number of hydrogen-bond acceptors (Lipinski definition) is 4. The van der Waals surface area contributed by atoms with E-state index < -0.39 is 28.3 Å². The molecule has 0 aliphatic heterocycles. The summed E-state index contributed by atoms with van der Waals surface area (Å²) in [4.78, 5) is 12.3. The highest BCUT2D eigenvalue weighted by atomic mass is 32.2. The summed E-state index contributed by atoms with van der Waals surface area (Å²) in [5, 5.41) is 3.91. The Morgan fingerprint density at radius 2 is 1.74 bits per heavy atom. The third kappa shape index (κ3) is 6.31. The van der Waals surface area contributed by atoms with E-state index in [4.69, 9.17) is 0 Å². The van der Waals surface area contributed by atoms with Gasteiger partial charge < -0.3 is 0 Å². The second-order valence-electron chi connectivity index (χ2n) is 6.92. The Morgan fingerprint density at radius 1 is 1.03 bits per heavy atom.